The Morgan fingerprint density at radius 2 is 1.66 bits per heavy atom. The summed E-state index contributed by atoms with van der Waals surface area (Å²) in [5, 5.41) is 3.28. The molecule has 7 nitrogen and oxygen atoms in total. The molecule has 0 heterocycles. The van der Waals surface area contributed by atoms with E-state index in [2.05, 4.69) is 5.32 Å². The molecule has 1 amide bonds. The van der Waals surface area contributed by atoms with Crippen LogP contribution in [0.1, 0.15) is 24.1 Å². The number of benzene rings is 3. The Labute approximate surface area is 215 Å². The molecule has 35 heavy (non-hydrogen) atoms. The highest BCUT2D eigenvalue weighted by Crippen LogP contribution is 2.32. The van der Waals surface area contributed by atoms with Crippen LogP contribution in [0.5, 0.6) is 11.5 Å². The molecule has 0 radical (unpaired) electrons. The summed E-state index contributed by atoms with van der Waals surface area (Å²) in [5.74, 6) is 0.637. The number of hydrogen-bond donors (Lipinski definition) is 1. The minimum absolute atomic E-state index is 0.0458. The third-order valence-electron chi connectivity index (χ3n) is 5.37. The predicted octanol–water partition coefficient (Wildman–Crippen LogP) is 5.39. The van der Waals surface area contributed by atoms with Gasteiger partial charge in [0.1, 0.15) is 18.0 Å². The van der Waals surface area contributed by atoms with Gasteiger partial charge in [0.05, 0.1) is 40.9 Å². The number of nitrogens with zero attached hydrogens (tertiary/aromatic N) is 1. The van der Waals surface area contributed by atoms with Crippen molar-refractivity contribution in [3.63, 3.8) is 0 Å². The largest absolute Gasteiger partial charge is 0.497 e. The number of methoxy groups -OCH3 is 2. The second-order valence-corrected chi connectivity index (χ2v) is 10.5. The lowest BCUT2D eigenvalue weighted by Crippen LogP contribution is -2.41. The van der Waals surface area contributed by atoms with E-state index >= 15 is 0 Å². The first-order valence-electron chi connectivity index (χ1n) is 10.6. The van der Waals surface area contributed by atoms with Gasteiger partial charge in [0.2, 0.25) is 5.91 Å². The van der Waals surface area contributed by atoms with Crippen LogP contribution in [0.4, 0.5) is 5.69 Å². The first-order valence-corrected chi connectivity index (χ1v) is 12.8. The fraction of sp³-hybridized carbons (Fsp3) is 0.240. The van der Waals surface area contributed by atoms with Gasteiger partial charge in [0.15, 0.2) is 0 Å². The minimum Gasteiger partial charge on any atom is -0.497 e. The summed E-state index contributed by atoms with van der Waals surface area (Å²) in [6.45, 7) is 3.15. The lowest BCUT2D eigenvalue weighted by Gasteiger charge is -2.26. The number of sulfonamides is 1. The highest BCUT2D eigenvalue weighted by atomic mass is 35.5. The maximum atomic E-state index is 13.5. The summed E-state index contributed by atoms with van der Waals surface area (Å²) < 4.78 is 38.8. The first-order chi connectivity index (χ1) is 16.6. The van der Waals surface area contributed by atoms with Gasteiger partial charge in [-0.1, -0.05) is 40.9 Å². The first kappa shape index (κ1) is 26.7. The number of amides is 1. The molecule has 1 atom stereocenters. The summed E-state index contributed by atoms with van der Waals surface area (Å²) >= 11 is 12.2. The Morgan fingerprint density at radius 1 is 0.971 bits per heavy atom. The number of halogens is 2. The van der Waals surface area contributed by atoms with E-state index in [-0.39, 0.29) is 20.6 Å². The molecule has 3 aromatic carbocycles. The summed E-state index contributed by atoms with van der Waals surface area (Å²) in [7, 11) is -1.02. The summed E-state index contributed by atoms with van der Waals surface area (Å²) in [4.78, 5) is 13.1. The van der Waals surface area contributed by atoms with Crippen LogP contribution in [-0.4, -0.2) is 35.1 Å². The van der Waals surface area contributed by atoms with Gasteiger partial charge in [0, 0.05) is 5.56 Å². The van der Waals surface area contributed by atoms with Crippen molar-refractivity contribution in [3.8, 4) is 11.5 Å². The third kappa shape index (κ3) is 6.20. The molecule has 1 N–H and O–H groups in total. The Balaban J connectivity index is 1.94. The van der Waals surface area contributed by atoms with Crippen molar-refractivity contribution < 1.29 is 22.7 Å². The van der Waals surface area contributed by atoms with Crippen molar-refractivity contribution in [1.29, 1.82) is 0 Å². The SMILES string of the molecule is COc1ccc(OC)c(C(C)NC(=O)CN(c2ccc(Cl)c(Cl)c2)S(=O)(=O)c2ccc(C)cc2)c1. The van der Waals surface area contributed by atoms with Crippen molar-refractivity contribution in [2.45, 2.75) is 24.8 Å². The van der Waals surface area contributed by atoms with Gasteiger partial charge in [0.25, 0.3) is 10.0 Å². The predicted molar refractivity (Wildman–Crippen MR) is 138 cm³/mol. The van der Waals surface area contributed by atoms with Gasteiger partial charge < -0.3 is 14.8 Å². The quantitative estimate of drug-likeness (QED) is 0.396. The molecule has 0 saturated heterocycles. The number of rotatable bonds is 9. The number of hydrogen-bond acceptors (Lipinski definition) is 5. The highest BCUT2D eigenvalue weighted by Gasteiger charge is 2.28. The van der Waals surface area contributed by atoms with E-state index in [0.29, 0.717) is 17.1 Å². The molecule has 0 aliphatic carbocycles. The second kappa shape index (κ2) is 11.2. The molecule has 0 fully saturated rings. The standard InChI is InChI=1S/C25H26Cl2N2O5S/c1-16-5-9-20(10-6-16)35(31,32)29(18-7-11-22(26)23(27)13-18)15-25(30)28-17(2)21-14-19(33-3)8-12-24(21)34-4/h5-14,17H,15H2,1-4H3,(H,28,30). The Kier molecular flexibility index (Phi) is 8.53. The number of carbonyl (C=O) groups excluding carboxylic acids is 1. The van der Waals surface area contributed by atoms with E-state index in [0.717, 1.165) is 9.87 Å². The van der Waals surface area contributed by atoms with Crippen LogP contribution in [0.15, 0.2) is 65.6 Å². The highest BCUT2D eigenvalue weighted by molar-refractivity contribution is 7.92. The van der Waals surface area contributed by atoms with Crippen LogP contribution in [0.2, 0.25) is 10.0 Å². The van der Waals surface area contributed by atoms with E-state index in [4.69, 9.17) is 32.7 Å². The molecule has 3 aromatic rings. The zero-order chi connectivity index (χ0) is 25.8. The zero-order valence-electron chi connectivity index (χ0n) is 19.7. The molecule has 186 valence electrons. The van der Waals surface area contributed by atoms with Crippen LogP contribution in [0.3, 0.4) is 0 Å². The van der Waals surface area contributed by atoms with Gasteiger partial charge in [-0.05, 0) is 62.4 Å². The smallest absolute Gasteiger partial charge is 0.264 e. The lowest BCUT2D eigenvalue weighted by molar-refractivity contribution is -0.120. The fourth-order valence-corrected chi connectivity index (χ4v) is 5.17. The monoisotopic (exact) mass is 536 g/mol. The zero-order valence-corrected chi connectivity index (χ0v) is 22.0. The Hall–Kier alpha value is -2.94. The lowest BCUT2D eigenvalue weighted by atomic mass is 10.1. The van der Waals surface area contributed by atoms with E-state index in [1.54, 1.807) is 44.4 Å². The van der Waals surface area contributed by atoms with Crippen LogP contribution >= 0.6 is 23.2 Å². The number of aryl methyl sites for hydroxylation is 1. The van der Waals surface area contributed by atoms with Crippen LogP contribution in [-0.2, 0) is 14.8 Å². The average Bonchev–Trinajstić information content (AvgIpc) is 2.84. The fourth-order valence-electron chi connectivity index (χ4n) is 3.47. The van der Waals surface area contributed by atoms with Crippen LogP contribution in [0.25, 0.3) is 0 Å². The normalized spacial score (nSPS) is 12.1. The number of anilines is 1. The molecule has 0 bridgehead atoms. The number of ether oxygens (including phenoxy) is 2. The van der Waals surface area contributed by atoms with Crippen molar-refractivity contribution >= 4 is 44.8 Å². The average molecular weight is 537 g/mol. The van der Waals surface area contributed by atoms with E-state index in [1.165, 1.54) is 37.4 Å². The van der Waals surface area contributed by atoms with Crippen molar-refractivity contribution in [2.75, 3.05) is 25.1 Å². The van der Waals surface area contributed by atoms with Gasteiger partial charge in [-0.2, -0.15) is 0 Å². The number of carbonyl (C=O) groups is 1. The molecule has 0 aromatic heterocycles. The van der Waals surface area contributed by atoms with Gasteiger partial charge in [-0.3, -0.25) is 9.10 Å². The van der Waals surface area contributed by atoms with Crippen molar-refractivity contribution in [1.82, 2.24) is 5.32 Å². The summed E-state index contributed by atoms with van der Waals surface area (Å²) in [6, 6.07) is 15.5. The molecule has 0 spiro atoms. The van der Waals surface area contributed by atoms with E-state index in [1.807, 2.05) is 6.92 Å². The maximum Gasteiger partial charge on any atom is 0.264 e. The maximum absolute atomic E-state index is 13.5. The molecular formula is C25H26Cl2N2O5S. The van der Waals surface area contributed by atoms with Crippen molar-refractivity contribution in [3.05, 3.63) is 81.8 Å². The third-order valence-corrected chi connectivity index (χ3v) is 7.90. The molecule has 0 aliphatic rings. The van der Waals surface area contributed by atoms with Crippen LogP contribution < -0.4 is 19.1 Å². The Morgan fingerprint density at radius 3 is 2.26 bits per heavy atom. The molecule has 3 rings (SSSR count). The second-order valence-electron chi connectivity index (χ2n) is 7.82. The molecular weight excluding hydrogens is 511 g/mol. The molecule has 10 heteroatoms. The topological polar surface area (TPSA) is 84.9 Å². The Bertz CT molecular complexity index is 1310. The van der Waals surface area contributed by atoms with E-state index < -0.39 is 28.5 Å². The van der Waals surface area contributed by atoms with Crippen LogP contribution in [0, 0.1) is 6.92 Å². The van der Waals surface area contributed by atoms with Gasteiger partial charge in [-0.15, -0.1) is 0 Å². The summed E-state index contributed by atoms with van der Waals surface area (Å²) in [6.07, 6.45) is 0. The van der Waals surface area contributed by atoms with E-state index in [9.17, 15) is 13.2 Å². The molecule has 0 saturated carbocycles. The van der Waals surface area contributed by atoms with Crippen molar-refractivity contribution in [2.24, 2.45) is 0 Å². The van der Waals surface area contributed by atoms with Gasteiger partial charge >= 0.3 is 0 Å². The summed E-state index contributed by atoms with van der Waals surface area (Å²) in [5.41, 5.74) is 1.80. The van der Waals surface area contributed by atoms with Gasteiger partial charge in [-0.25, -0.2) is 8.42 Å². The molecule has 0 aliphatic heterocycles. The molecule has 1 unspecified atom stereocenters. The minimum atomic E-state index is -4.09. The number of nitrogens with one attached hydrogen (secondary N) is 1.